The summed E-state index contributed by atoms with van der Waals surface area (Å²) in [5, 5.41) is 63.6. The third-order valence-corrected chi connectivity index (χ3v) is 34.4. The number of aliphatic hydroxyl groups excluding tert-OH is 2. The number of carbonyl (C=O) groups is 2. The first-order valence-electron chi connectivity index (χ1n) is 46.3. The minimum atomic E-state index is -0.712. The molecule has 150 heavy (non-hydrogen) atoms. The number of nitrogen functional groups attached to an aromatic ring is 2. The summed E-state index contributed by atoms with van der Waals surface area (Å²) in [7, 11) is -2.50. The van der Waals surface area contributed by atoms with E-state index in [9.17, 15) is 23.8 Å². The molecule has 0 aliphatic carbocycles. The van der Waals surface area contributed by atoms with Gasteiger partial charge in [0.05, 0.1) is 50.5 Å². The molecule has 7 N–H and O–H groups in total. The van der Waals surface area contributed by atoms with Crippen LogP contribution in [0.25, 0.3) is 11.3 Å². The fourth-order valence-corrected chi connectivity index (χ4v) is 25.3. The minimum absolute atomic E-state index is 0. The van der Waals surface area contributed by atoms with E-state index in [1.807, 2.05) is 32.6 Å². The van der Waals surface area contributed by atoms with Gasteiger partial charge in [-0.1, -0.05) is 437 Å². The van der Waals surface area contributed by atoms with Gasteiger partial charge in [-0.15, -0.1) is 20.4 Å². The number of anilines is 4. The molecule has 21 nitrogen and oxygen atoms in total. The Morgan fingerprint density at radius 2 is 0.747 bits per heavy atom. The second-order valence-corrected chi connectivity index (χ2v) is 45.4. The van der Waals surface area contributed by atoms with E-state index in [-0.39, 0.29) is 248 Å². The van der Waals surface area contributed by atoms with Crippen LogP contribution in [0.15, 0.2) is 388 Å². The number of halogens is 7. The molecule has 3 saturated heterocycles. The van der Waals surface area contributed by atoms with Gasteiger partial charge in [0.25, 0.3) is 6.47 Å². The maximum Gasteiger partial charge on any atom is 1.00 e. The number of aliphatic hydroxyl groups is 2. The van der Waals surface area contributed by atoms with E-state index in [1.54, 1.807) is 25.7 Å². The van der Waals surface area contributed by atoms with E-state index in [2.05, 4.69) is 405 Å². The summed E-state index contributed by atoms with van der Waals surface area (Å²) in [6, 6.07) is 134. The van der Waals surface area contributed by atoms with E-state index in [1.165, 1.54) is 86.8 Å². The van der Waals surface area contributed by atoms with Crippen LogP contribution in [0.1, 0.15) is 64.7 Å². The number of nitrogens with zero attached hydrogens (tertiary/aromatic N) is 9. The van der Waals surface area contributed by atoms with Crippen LogP contribution in [0, 0.1) is 11.6 Å². The van der Waals surface area contributed by atoms with Gasteiger partial charge < -0.3 is 62.4 Å². The molecule has 3 aliphatic rings. The van der Waals surface area contributed by atoms with Crippen LogP contribution in [0.4, 0.5) is 37.1 Å². The van der Waals surface area contributed by atoms with Crippen molar-refractivity contribution in [1.29, 1.82) is 0 Å². The number of rotatable bonds is 19. The zero-order chi connectivity index (χ0) is 103. The van der Waals surface area contributed by atoms with Crippen LogP contribution in [0.2, 0.25) is 25.2 Å². The molecule has 0 bridgehead atoms. The van der Waals surface area contributed by atoms with E-state index in [0.29, 0.717) is 56.6 Å². The minimum Gasteiger partial charge on any atom is -1.00 e. The van der Waals surface area contributed by atoms with Crippen LogP contribution >= 0.6 is 89.7 Å². The molecular weight excluding hydrogens is 2400 g/mol. The Hall–Kier alpha value is -7.34. The Morgan fingerprint density at radius 1 is 0.460 bits per heavy atom. The Labute approximate surface area is 1040 Å². The van der Waals surface area contributed by atoms with E-state index in [0.717, 1.165) is 6.07 Å². The van der Waals surface area contributed by atoms with Crippen molar-refractivity contribution < 1.29 is 212 Å². The van der Waals surface area contributed by atoms with Crippen LogP contribution in [-0.2, 0) is 44.2 Å². The molecule has 36 heteroatoms. The molecule has 0 unspecified atom stereocenters. The van der Waals surface area contributed by atoms with Gasteiger partial charge >= 0.3 is 151 Å². The summed E-state index contributed by atoms with van der Waals surface area (Å²) >= 11 is 29.6. The second-order valence-electron chi connectivity index (χ2n) is 34.6. The van der Waals surface area contributed by atoms with Crippen molar-refractivity contribution in [3.63, 3.8) is 0 Å². The summed E-state index contributed by atoms with van der Waals surface area (Å²) in [5.74, 6) is -0.204. The van der Waals surface area contributed by atoms with Crippen LogP contribution < -0.4 is 239 Å². The Bertz CT molecular complexity index is 5830. The molecule has 0 radical (unpaired) electrons. The van der Waals surface area contributed by atoms with E-state index >= 15 is 0 Å². The molecule has 3 fully saturated rings. The predicted molar refractivity (Wildman–Crippen MR) is 610 cm³/mol. The first-order chi connectivity index (χ1) is 70.0. The van der Waals surface area contributed by atoms with Crippen molar-refractivity contribution in [1.82, 2.24) is 40.6 Å². The summed E-state index contributed by atoms with van der Waals surface area (Å²) in [4.78, 5) is 37.0. The van der Waals surface area contributed by atoms with Gasteiger partial charge in [0, 0.05) is 76.8 Å². The maximum atomic E-state index is 13.6. The number of benzene rings is 14. The summed E-state index contributed by atoms with van der Waals surface area (Å²) in [6.45, 7) is 15.7. The summed E-state index contributed by atoms with van der Waals surface area (Å²) < 4.78 is 44.0. The molecule has 3 aliphatic heterocycles. The number of nitrogens with one attached hydrogen (secondary N) is 1. The second kappa shape index (κ2) is 66.3. The van der Waals surface area contributed by atoms with Crippen LogP contribution in [-0.4, -0.2) is 147 Å². The largest absolute Gasteiger partial charge is 1.00 e. The average molecular weight is 2520 g/mol. The SMILES string of the molecule is C.C.CC(C)(C)OC(=O)N1CCN(c2nnc(Cl)c(N)n2)C[C@@H]1CO.CC1(C)OB(c2cc(F)cc(Cl)c2Cl)OC1(C)C.Nc1nc(N2CCN[C@@H](CO)C2)nnc1-c1cc(F)cc(Cl)c1Cl.O=CO[O-].[Cs+].[Cs+].[H-].[Pd].c1ccc(P(c2ccccc2)c2ccccc2)cc1.c1ccc(P(c2ccccc2)c2ccccc2)cc1.c1ccc(P(c2ccccc2)c2ccccc2)cc1.c1ccc(P(c2ccccc2)c2ccccc2)cc1. The van der Waals surface area contributed by atoms with E-state index in [4.69, 9.17) is 93.6 Å². The van der Waals surface area contributed by atoms with Crippen molar-refractivity contribution in [2.75, 3.05) is 73.7 Å². The number of amides is 1. The number of hydrogen-bond donors (Lipinski definition) is 5. The molecule has 5 heterocycles. The van der Waals surface area contributed by atoms with Crippen molar-refractivity contribution in [3.8, 4) is 11.3 Å². The van der Waals surface area contributed by atoms with Crippen LogP contribution in [0.3, 0.4) is 0 Å². The first-order valence-corrected chi connectivity index (χ1v) is 53.6. The molecule has 2 aromatic heterocycles. The molecule has 1 amide bonds. The fraction of sp³-hybridized carbons (Fsp3) is 0.193. The molecule has 0 saturated carbocycles. The van der Waals surface area contributed by atoms with Crippen molar-refractivity contribution in [2.45, 2.75) is 92.2 Å². The number of aromatic nitrogens is 6. The van der Waals surface area contributed by atoms with Gasteiger partial charge in [0.2, 0.25) is 11.9 Å². The predicted octanol–water partition coefficient (Wildman–Crippen LogP) is 12.9. The van der Waals surface area contributed by atoms with Gasteiger partial charge in [-0.25, -0.2) is 13.6 Å². The number of carbonyl (C=O) groups excluding carboxylic acids is 2. The third kappa shape index (κ3) is 38.6. The standard InChI is InChI=1S/4C18H15P.C14H15Cl2FN6O.C13H21ClN6O3.C12H14BCl2FO2.CH2O3.2CH4.2Cs.Pd.H/c4*1-4-10-16(11-5-1)19(17-12-6-2-7-13-17)18-14-8-3-9-15-18;15-10-4-7(17)3-9(11(10)16)12-13(18)20-14(22-21-12)23-2-1-19-8(5-23)6-24;1-13(2,3)23-12(22)20-5-4-19(6-8(20)7-21)11-16-10(15)9(14)17-18-11;1-11(2)12(3,4)18-13(17-11)8-5-7(16)6-9(14)10(8)15;2-1-4-3;;;;;;/h4*1-15H;3-4,8,19,24H,1-2,5-6H2,(H2,18,20,22);8,21H,4-7H2,1-3H3,(H2,15,16,18);5-6H,1-4H3;1,3H;2*1H4;;;;/q;;;;;;;;;;2*+1;;-1/p-1/t;;;;2*8-;;;;;;;;/m....11......../s1. The number of ether oxygens (including phenoxy) is 1. The fourth-order valence-electron chi connectivity index (χ4n) is 15.1. The molecule has 19 rings (SSSR count). The van der Waals surface area contributed by atoms with Crippen LogP contribution in [0.5, 0.6) is 0 Å². The van der Waals surface area contributed by atoms with Gasteiger partial charge in [-0.05, 0) is 168 Å². The number of piperazine rings is 2. The monoisotopic (exact) mass is 2520 g/mol. The quantitative estimate of drug-likeness (QED) is 0.0126. The Morgan fingerprint density at radius 3 is 1.03 bits per heavy atom. The zero-order valence-electron chi connectivity index (χ0n) is 84.1. The Kier molecular flexibility index (Phi) is 57.2. The normalized spacial score (nSPS) is 13.8. The number of nitrogens with two attached hydrogens (primary N) is 2. The maximum absolute atomic E-state index is 13.6. The molecular formula is C114H120BCl5Cs2F2N12O9P4Pd. The molecule has 14 aromatic carbocycles. The van der Waals surface area contributed by atoms with Gasteiger partial charge in [-0.2, -0.15) is 9.97 Å². The molecule has 16 aromatic rings. The summed E-state index contributed by atoms with van der Waals surface area (Å²) in [5.41, 5.74) is 10.8. The number of hydrogen-bond acceptors (Lipinski definition) is 20. The van der Waals surface area contributed by atoms with Gasteiger partial charge in [0.1, 0.15) is 22.9 Å². The Balaban J connectivity index is 0.000000266. The molecule has 0 spiro atoms. The van der Waals surface area contributed by atoms with E-state index < -0.39 is 79.4 Å². The summed E-state index contributed by atoms with van der Waals surface area (Å²) in [6.07, 6.45) is -0.453. The van der Waals surface area contributed by atoms with Gasteiger partial charge in [0.15, 0.2) is 16.8 Å². The molecule has 774 valence electrons. The van der Waals surface area contributed by atoms with Gasteiger partial charge in [-0.3, -0.25) is 9.69 Å². The van der Waals surface area contributed by atoms with Crippen molar-refractivity contribution in [2.24, 2.45) is 0 Å². The molecule has 2 atom stereocenters. The topological polar surface area (TPSA) is 286 Å². The van der Waals surface area contributed by atoms with Crippen molar-refractivity contribution >= 4 is 202 Å². The first kappa shape index (κ1) is 130. The van der Waals surface area contributed by atoms with Crippen molar-refractivity contribution in [3.05, 3.63) is 425 Å². The average Bonchev–Trinajstić information content (AvgIpc) is 1.62. The smallest absolute Gasteiger partial charge is 1.00 e. The third-order valence-electron chi connectivity index (χ3n) is 22.7. The zero-order valence-corrected chi connectivity index (χ0v) is 105.